The van der Waals surface area contributed by atoms with Gasteiger partial charge >= 0.3 is 0 Å². The second-order valence-electron chi connectivity index (χ2n) is 5.28. The average molecular weight is 264 g/mol. The van der Waals surface area contributed by atoms with Crippen molar-refractivity contribution in [1.82, 2.24) is 0 Å². The maximum Gasteiger partial charge on any atom is 0.227 e. The Kier molecular flexibility index (Phi) is 5.99. The predicted octanol–water partition coefficient (Wildman–Crippen LogP) is 2.33. The first kappa shape index (κ1) is 15.7. The SMILES string of the molecule is COC(C)(C)CC(=O)Nc1cccc(CCCN)c1. The Bertz CT molecular complexity index is 416. The number of ether oxygens (including phenoxy) is 1. The van der Waals surface area contributed by atoms with Gasteiger partial charge in [-0.1, -0.05) is 12.1 Å². The Hall–Kier alpha value is -1.39. The Morgan fingerprint density at radius 1 is 1.42 bits per heavy atom. The summed E-state index contributed by atoms with van der Waals surface area (Å²) < 4.78 is 5.25. The molecule has 0 unspecified atom stereocenters. The van der Waals surface area contributed by atoms with E-state index < -0.39 is 5.60 Å². The zero-order valence-corrected chi connectivity index (χ0v) is 12.0. The van der Waals surface area contributed by atoms with Gasteiger partial charge in [0.05, 0.1) is 12.0 Å². The molecule has 4 heteroatoms. The summed E-state index contributed by atoms with van der Waals surface area (Å²) in [5.41, 5.74) is 7.07. The average Bonchev–Trinajstić information content (AvgIpc) is 2.36. The van der Waals surface area contributed by atoms with Crippen LogP contribution in [-0.2, 0) is 16.0 Å². The molecule has 1 aromatic rings. The Morgan fingerprint density at radius 2 is 2.16 bits per heavy atom. The maximum atomic E-state index is 11.9. The lowest BCUT2D eigenvalue weighted by Crippen LogP contribution is -2.29. The zero-order chi connectivity index (χ0) is 14.3. The van der Waals surface area contributed by atoms with Crippen molar-refractivity contribution >= 4 is 11.6 Å². The number of anilines is 1. The fraction of sp³-hybridized carbons (Fsp3) is 0.533. The molecule has 3 N–H and O–H groups in total. The summed E-state index contributed by atoms with van der Waals surface area (Å²) in [6.07, 6.45) is 2.22. The first-order valence-electron chi connectivity index (χ1n) is 6.61. The number of nitrogens with two attached hydrogens (primary N) is 1. The number of nitrogens with one attached hydrogen (secondary N) is 1. The number of hydrogen-bond acceptors (Lipinski definition) is 3. The van der Waals surface area contributed by atoms with Crippen LogP contribution < -0.4 is 11.1 Å². The standard InChI is InChI=1S/C15H24N2O2/c1-15(2,19-3)11-14(18)17-13-8-4-6-12(10-13)7-5-9-16/h4,6,8,10H,5,7,9,11,16H2,1-3H3,(H,17,18). The fourth-order valence-electron chi connectivity index (χ4n) is 1.77. The molecule has 0 heterocycles. The summed E-state index contributed by atoms with van der Waals surface area (Å²) in [7, 11) is 1.61. The van der Waals surface area contributed by atoms with E-state index in [0.717, 1.165) is 18.5 Å². The topological polar surface area (TPSA) is 64.3 Å². The summed E-state index contributed by atoms with van der Waals surface area (Å²) in [5, 5.41) is 2.90. The molecule has 1 amide bonds. The highest BCUT2D eigenvalue weighted by molar-refractivity contribution is 5.91. The van der Waals surface area contributed by atoms with Crippen molar-refractivity contribution in [2.24, 2.45) is 5.73 Å². The van der Waals surface area contributed by atoms with Crippen LogP contribution in [0.5, 0.6) is 0 Å². The number of hydrogen-bond donors (Lipinski definition) is 2. The van der Waals surface area contributed by atoms with Gasteiger partial charge in [0.1, 0.15) is 0 Å². The van der Waals surface area contributed by atoms with Gasteiger partial charge < -0.3 is 15.8 Å². The molecule has 0 aromatic heterocycles. The highest BCUT2D eigenvalue weighted by Gasteiger charge is 2.20. The molecule has 0 spiro atoms. The number of carbonyl (C=O) groups excluding carboxylic acids is 1. The van der Waals surface area contributed by atoms with Crippen molar-refractivity contribution in [3.05, 3.63) is 29.8 Å². The van der Waals surface area contributed by atoms with Crippen LogP contribution in [0.4, 0.5) is 5.69 Å². The minimum Gasteiger partial charge on any atom is -0.378 e. The van der Waals surface area contributed by atoms with Gasteiger partial charge in [-0.2, -0.15) is 0 Å². The van der Waals surface area contributed by atoms with Crippen molar-refractivity contribution in [2.75, 3.05) is 19.0 Å². The Morgan fingerprint density at radius 3 is 2.79 bits per heavy atom. The molecular weight excluding hydrogens is 240 g/mol. The lowest BCUT2D eigenvalue weighted by atomic mass is 10.0. The lowest BCUT2D eigenvalue weighted by Gasteiger charge is -2.22. The van der Waals surface area contributed by atoms with Crippen LogP contribution >= 0.6 is 0 Å². The molecule has 0 fully saturated rings. The third kappa shape index (κ3) is 5.85. The molecule has 1 aromatic carbocycles. The second kappa shape index (κ2) is 7.26. The zero-order valence-electron chi connectivity index (χ0n) is 12.0. The summed E-state index contributed by atoms with van der Waals surface area (Å²) in [6, 6.07) is 7.88. The minimum atomic E-state index is -0.443. The molecule has 0 bridgehead atoms. The van der Waals surface area contributed by atoms with Gasteiger partial charge in [-0.25, -0.2) is 0 Å². The first-order chi connectivity index (χ1) is 8.96. The largest absolute Gasteiger partial charge is 0.378 e. The molecule has 0 atom stereocenters. The summed E-state index contributed by atoms with van der Waals surface area (Å²) in [4.78, 5) is 11.9. The van der Waals surface area contributed by atoms with E-state index in [1.807, 2.05) is 38.1 Å². The molecule has 0 saturated carbocycles. The van der Waals surface area contributed by atoms with Crippen LogP contribution in [0.1, 0.15) is 32.3 Å². The third-order valence-corrected chi connectivity index (χ3v) is 3.02. The third-order valence-electron chi connectivity index (χ3n) is 3.02. The van der Waals surface area contributed by atoms with Crippen molar-refractivity contribution in [1.29, 1.82) is 0 Å². The molecule has 0 aliphatic carbocycles. The molecule has 106 valence electrons. The molecule has 0 radical (unpaired) electrons. The van der Waals surface area contributed by atoms with Crippen molar-refractivity contribution in [3.63, 3.8) is 0 Å². The van der Waals surface area contributed by atoms with E-state index in [9.17, 15) is 4.79 Å². The molecule has 0 aliphatic rings. The normalized spacial score (nSPS) is 11.4. The molecule has 4 nitrogen and oxygen atoms in total. The number of aryl methyl sites for hydroxylation is 1. The van der Waals surface area contributed by atoms with Gasteiger partial charge in [0.2, 0.25) is 5.91 Å². The minimum absolute atomic E-state index is 0.0391. The van der Waals surface area contributed by atoms with Gasteiger partial charge in [-0.15, -0.1) is 0 Å². The molecular formula is C15H24N2O2. The van der Waals surface area contributed by atoms with E-state index in [-0.39, 0.29) is 5.91 Å². The van der Waals surface area contributed by atoms with E-state index in [1.165, 1.54) is 5.56 Å². The second-order valence-corrected chi connectivity index (χ2v) is 5.28. The molecule has 0 aliphatic heterocycles. The summed E-state index contributed by atoms with van der Waals surface area (Å²) >= 11 is 0. The van der Waals surface area contributed by atoms with Crippen LogP contribution in [0.15, 0.2) is 24.3 Å². The van der Waals surface area contributed by atoms with Gasteiger partial charge in [0, 0.05) is 12.8 Å². The predicted molar refractivity (Wildman–Crippen MR) is 78.2 cm³/mol. The molecule has 19 heavy (non-hydrogen) atoms. The van der Waals surface area contributed by atoms with E-state index in [2.05, 4.69) is 5.32 Å². The number of benzene rings is 1. The van der Waals surface area contributed by atoms with E-state index in [0.29, 0.717) is 13.0 Å². The van der Waals surface area contributed by atoms with Gasteiger partial charge in [-0.3, -0.25) is 4.79 Å². The van der Waals surface area contributed by atoms with Crippen LogP contribution in [0.2, 0.25) is 0 Å². The number of amides is 1. The number of methoxy groups -OCH3 is 1. The quantitative estimate of drug-likeness (QED) is 0.794. The van der Waals surface area contributed by atoms with Gasteiger partial charge in [-0.05, 0) is 50.9 Å². The van der Waals surface area contributed by atoms with Crippen LogP contribution in [0, 0.1) is 0 Å². The van der Waals surface area contributed by atoms with E-state index in [1.54, 1.807) is 7.11 Å². The first-order valence-corrected chi connectivity index (χ1v) is 6.61. The summed E-state index contributed by atoms with van der Waals surface area (Å²) in [6.45, 7) is 4.47. The number of rotatable bonds is 7. The Labute approximate surface area is 115 Å². The number of carbonyl (C=O) groups is 1. The van der Waals surface area contributed by atoms with E-state index >= 15 is 0 Å². The van der Waals surface area contributed by atoms with Crippen molar-refractivity contribution in [2.45, 2.75) is 38.7 Å². The lowest BCUT2D eigenvalue weighted by molar-refractivity contribution is -0.121. The van der Waals surface area contributed by atoms with Crippen LogP contribution in [-0.4, -0.2) is 25.2 Å². The summed E-state index contributed by atoms with van der Waals surface area (Å²) in [5.74, 6) is -0.0391. The highest BCUT2D eigenvalue weighted by atomic mass is 16.5. The maximum absolute atomic E-state index is 11.9. The highest BCUT2D eigenvalue weighted by Crippen LogP contribution is 2.16. The van der Waals surface area contributed by atoms with Crippen LogP contribution in [0.25, 0.3) is 0 Å². The fourth-order valence-corrected chi connectivity index (χ4v) is 1.77. The van der Waals surface area contributed by atoms with Crippen molar-refractivity contribution in [3.8, 4) is 0 Å². The molecule has 0 saturated heterocycles. The monoisotopic (exact) mass is 264 g/mol. The van der Waals surface area contributed by atoms with Gasteiger partial charge in [0.15, 0.2) is 0 Å². The Balaban J connectivity index is 2.59. The molecule has 1 rings (SSSR count). The van der Waals surface area contributed by atoms with Gasteiger partial charge in [0.25, 0.3) is 0 Å². The smallest absolute Gasteiger partial charge is 0.227 e. The van der Waals surface area contributed by atoms with E-state index in [4.69, 9.17) is 10.5 Å². The van der Waals surface area contributed by atoms with Crippen LogP contribution in [0.3, 0.4) is 0 Å². The van der Waals surface area contributed by atoms with Crippen molar-refractivity contribution < 1.29 is 9.53 Å².